The lowest BCUT2D eigenvalue weighted by Crippen LogP contribution is -2.44. The number of amides is 1. The van der Waals surface area contributed by atoms with Gasteiger partial charge in [0.25, 0.3) is 5.91 Å². The van der Waals surface area contributed by atoms with E-state index in [1.54, 1.807) is 4.90 Å². The molecule has 5 rings (SSSR count). The minimum Gasteiger partial charge on any atom is -0.324 e. The molecule has 3 aliphatic rings. The number of aromatic nitrogens is 1. The van der Waals surface area contributed by atoms with Crippen LogP contribution in [0.2, 0.25) is 0 Å². The average molecular weight is 474 g/mol. The van der Waals surface area contributed by atoms with Crippen molar-refractivity contribution in [3.63, 3.8) is 0 Å². The van der Waals surface area contributed by atoms with Gasteiger partial charge in [-0.05, 0) is 86.4 Å². The van der Waals surface area contributed by atoms with Crippen LogP contribution in [-0.2, 0) is 35.5 Å². The molecule has 1 saturated carbocycles. The van der Waals surface area contributed by atoms with Gasteiger partial charge < -0.3 is 4.90 Å². The lowest BCUT2D eigenvalue weighted by Gasteiger charge is -2.32. The van der Waals surface area contributed by atoms with Gasteiger partial charge in [-0.2, -0.15) is 0 Å². The second-order valence-electron chi connectivity index (χ2n) is 10.4. The molecule has 0 N–H and O–H groups in total. The fourth-order valence-electron chi connectivity index (χ4n) is 5.90. The van der Waals surface area contributed by atoms with E-state index in [2.05, 4.69) is 35.0 Å². The molecule has 1 aromatic heterocycles. The SMILES string of the molecule is CCc1ccc(CN2CCC(CCc3cccc4c3CN(C3CCC(=O)CC3=O)C4=O)CC2)cn1. The zero-order chi connectivity index (χ0) is 24.4. The van der Waals surface area contributed by atoms with Crippen molar-refractivity contribution in [2.45, 2.75) is 77.4 Å². The summed E-state index contributed by atoms with van der Waals surface area (Å²) in [6.07, 6.45) is 8.31. The first-order chi connectivity index (χ1) is 17.0. The van der Waals surface area contributed by atoms with Crippen molar-refractivity contribution in [1.82, 2.24) is 14.8 Å². The van der Waals surface area contributed by atoms with Gasteiger partial charge in [-0.25, -0.2) is 0 Å². The minimum absolute atomic E-state index is 0.00628. The number of rotatable bonds is 7. The Morgan fingerprint density at radius 3 is 2.57 bits per heavy atom. The highest BCUT2D eigenvalue weighted by Crippen LogP contribution is 2.32. The number of aryl methyl sites for hydroxylation is 2. The molecular formula is C29H35N3O3. The molecule has 1 saturated heterocycles. The van der Waals surface area contributed by atoms with Crippen LogP contribution in [0.3, 0.4) is 0 Å². The third kappa shape index (κ3) is 5.22. The molecule has 184 valence electrons. The van der Waals surface area contributed by atoms with E-state index in [0.717, 1.165) is 55.7 Å². The van der Waals surface area contributed by atoms with Crippen LogP contribution in [0.1, 0.15) is 78.2 Å². The van der Waals surface area contributed by atoms with E-state index in [4.69, 9.17) is 0 Å². The number of piperidine rings is 1. The maximum atomic E-state index is 13.1. The third-order valence-corrected chi connectivity index (χ3v) is 8.09. The molecule has 1 atom stereocenters. The van der Waals surface area contributed by atoms with Crippen LogP contribution in [0.15, 0.2) is 36.5 Å². The van der Waals surface area contributed by atoms with Gasteiger partial charge in [0.15, 0.2) is 5.78 Å². The average Bonchev–Trinajstić information content (AvgIpc) is 3.21. The molecule has 1 aromatic carbocycles. The highest BCUT2D eigenvalue weighted by atomic mass is 16.2. The summed E-state index contributed by atoms with van der Waals surface area (Å²) in [4.78, 5) is 45.9. The quantitative estimate of drug-likeness (QED) is 0.566. The molecule has 0 bridgehead atoms. The summed E-state index contributed by atoms with van der Waals surface area (Å²) >= 11 is 0. The number of fused-ring (bicyclic) bond motifs is 1. The van der Waals surface area contributed by atoms with Gasteiger partial charge >= 0.3 is 0 Å². The summed E-state index contributed by atoms with van der Waals surface area (Å²) in [5.74, 6) is 0.534. The molecule has 1 unspecified atom stereocenters. The molecule has 35 heavy (non-hydrogen) atoms. The first-order valence-corrected chi connectivity index (χ1v) is 13.1. The zero-order valence-corrected chi connectivity index (χ0v) is 20.7. The summed E-state index contributed by atoms with van der Waals surface area (Å²) in [6, 6.07) is 9.90. The molecule has 3 heterocycles. The standard InChI is InChI=1S/C29H35N3O3/c1-2-23-9-7-21(17-30-23)18-31-14-12-20(13-15-31)6-8-22-4-3-5-25-26(22)19-32(29(25)35)27-11-10-24(33)16-28(27)34/h3-5,7,9,17,20,27H,2,6,8,10-16,18-19H2,1H3. The Morgan fingerprint density at radius 2 is 1.86 bits per heavy atom. The maximum absolute atomic E-state index is 13.1. The summed E-state index contributed by atoms with van der Waals surface area (Å²) in [7, 11) is 0. The number of hydrogen-bond acceptors (Lipinski definition) is 5. The van der Waals surface area contributed by atoms with Crippen LogP contribution in [0.4, 0.5) is 0 Å². The van der Waals surface area contributed by atoms with Crippen LogP contribution >= 0.6 is 0 Å². The number of Topliss-reactive ketones (excluding diaryl/α,β-unsaturated/α-hetero) is 2. The van der Waals surface area contributed by atoms with Gasteiger partial charge in [0.2, 0.25) is 0 Å². The second-order valence-corrected chi connectivity index (χ2v) is 10.4. The molecule has 6 heteroatoms. The first-order valence-electron chi connectivity index (χ1n) is 13.1. The number of nitrogens with zero attached hydrogens (tertiary/aromatic N) is 3. The van der Waals surface area contributed by atoms with Crippen molar-refractivity contribution in [2.75, 3.05) is 13.1 Å². The normalized spacial score (nSPS) is 21.6. The molecule has 2 aliphatic heterocycles. The van der Waals surface area contributed by atoms with Gasteiger partial charge in [-0.3, -0.25) is 24.3 Å². The number of likely N-dealkylation sites (tertiary alicyclic amines) is 1. The van der Waals surface area contributed by atoms with Gasteiger partial charge in [0.05, 0.1) is 12.5 Å². The van der Waals surface area contributed by atoms with Crippen molar-refractivity contribution in [3.8, 4) is 0 Å². The number of hydrogen-bond donors (Lipinski definition) is 0. The van der Waals surface area contributed by atoms with E-state index >= 15 is 0 Å². The Hall–Kier alpha value is -2.86. The van der Waals surface area contributed by atoms with Crippen molar-refractivity contribution in [3.05, 3.63) is 64.5 Å². The van der Waals surface area contributed by atoms with E-state index in [9.17, 15) is 14.4 Å². The van der Waals surface area contributed by atoms with Crippen molar-refractivity contribution >= 4 is 17.5 Å². The van der Waals surface area contributed by atoms with E-state index < -0.39 is 6.04 Å². The minimum atomic E-state index is -0.446. The van der Waals surface area contributed by atoms with E-state index in [1.807, 2.05) is 18.3 Å². The maximum Gasteiger partial charge on any atom is 0.255 e. The Kier molecular flexibility index (Phi) is 7.09. The summed E-state index contributed by atoms with van der Waals surface area (Å²) < 4.78 is 0. The number of pyridine rings is 1. The smallest absolute Gasteiger partial charge is 0.255 e. The van der Waals surface area contributed by atoms with Crippen molar-refractivity contribution < 1.29 is 14.4 Å². The first kappa shape index (κ1) is 23.9. The van der Waals surface area contributed by atoms with Crippen LogP contribution in [0.25, 0.3) is 0 Å². The van der Waals surface area contributed by atoms with E-state index in [0.29, 0.717) is 25.3 Å². The molecule has 2 aromatic rings. The van der Waals surface area contributed by atoms with Gasteiger partial charge in [0, 0.05) is 37.0 Å². The number of carbonyl (C=O) groups is 3. The Bertz CT molecular complexity index is 1100. The highest BCUT2D eigenvalue weighted by molar-refractivity contribution is 6.07. The van der Waals surface area contributed by atoms with Crippen LogP contribution in [0.5, 0.6) is 0 Å². The number of carbonyl (C=O) groups excluding carboxylic acids is 3. The summed E-state index contributed by atoms with van der Waals surface area (Å²) in [6.45, 7) is 5.83. The largest absolute Gasteiger partial charge is 0.324 e. The molecule has 1 aliphatic carbocycles. The predicted octanol–water partition coefficient (Wildman–Crippen LogP) is 4.14. The summed E-state index contributed by atoms with van der Waals surface area (Å²) in [5.41, 5.74) is 5.50. The molecule has 1 amide bonds. The van der Waals surface area contributed by atoms with E-state index in [1.165, 1.54) is 24.0 Å². The van der Waals surface area contributed by atoms with Gasteiger partial charge in [0.1, 0.15) is 5.78 Å². The summed E-state index contributed by atoms with van der Waals surface area (Å²) in [5, 5.41) is 0. The number of benzene rings is 1. The van der Waals surface area contributed by atoms with Crippen molar-refractivity contribution in [1.29, 1.82) is 0 Å². The highest BCUT2D eigenvalue weighted by Gasteiger charge is 2.39. The number of ketones is 2. The molecule has 6 nitrogen and oxygen atoms in total. The monoisotopic (exact) mass is 473 g/mol. The fourth-order valence-corrected chi connectivity index (χ4v) is 5.90. The Balaban J connectivity index is 1.15. The van der Waals surface area contributed by atoms with Gasteiger partial charge in [-0.15, -0.1) is 0 Å². The lowest BCUT2D eigenvalue weighted by molar-refractivity contribution is -0.133. The Morgan fingerprint density at radius 1 is 1.03 bits per heavy atom. The lowest BCUT2D eigenvalue weighted by atomic mass is 9.89. The van der Waals surface area contributed by atoms with Crippen molar-refractivity contribution in [2.24, 2.45) is 5.92 Å². The topological polar surface area (TPSA) is 70.6 Å². The molecule has 0 radical (unpaired) electrons. The molecule has 0 spiro atoms. The molecular weight excluding hydrogens is 438 g/mol. The molecule has 2 fully saturated rings. The third-order valence-electron chi connectivity index (χ3n) is 8.09. The van der Waals surface area contributed by atoms with Gasteiger partial charge in [-0.1, -0.05) is 25.1 Å². The van der Waals surface area contributed by atoms with Crippen LogP contribution in [-0.4, -0.2) is 51.4 Å². The van der Waals surface area contributed by atoms with E-state index in [-0.39, 0.29) is 23.9 Å². The second kappa shape index (κ2) is 10.4. The Labute approximate surface area is 207 Å². The van der Waals surface area contributed by atoms with Crippen LogP contribution < -0.4 is 0 Å². The predicted molar refractivity (Wildman–Crippen MR) is 134 cm³/mol. The van der Waals surface area contributed by atoms with Crippen LogP contribution in [0, 0.1) is 5.92 Å². The fraction of sp³-hybridized carbons (Fsp3) is 0.517. The zero-order valence-electron chi connectivity index (χ0n) is 20.7.